The van der Waals surface area contributed by atoms with Crippen molar-refractivity contribution < 1.29 is 65.5 Å². The van der Waals surface area contributed by atoms with E-state index in [9.17, 15) is 41.8 Å². The molecule has 0 bridgehead atoms. The molecular weight excluding hydrogens is 929 g/mol. The van der Waals surface area contributed by atoms with Crippen LogP contribution >= 0.6 is 0 Å². The highest BCUT2D eigenvalue weighted by Gasteiger charge is 2.54. The number of benzene rings is 4. The van der Waals surface area contributed by atoms with Gasteiger partial charge in [-0.2, -0.15) is 0 Å². The minimum Gasteiger partial charge on any atom is -0.478 e. The van der Waals surface area contributed by atoms with Crippen LogP contribution in [0.25, 0.3) is 22.5 Å². The van der Waals surface area contributed by atoms with E-state index in [2.05, 4.69) is 39.5 Å². The summed E-state index contributed by atoms with van der Waals surface area (Å²) in [7, 11) is 0. The van der Waals surface area contributed by atoms with Crippen LogP contribution in [-0.4, -0.2) is 57.0 Å². The minimum atomic E-state index is -3.72. The molecule has 3 N–H and O–H groups in total. The van der Waals surface area contributed by atoms with Gasteiger partial charge in [0.15, 0.2) is 23.0 Å². The zero-order chi connectivity index (χ0) is 50.0. The lowest BCUT2D eigenvalue weighted by Gasteiger charge is -2.19. The van der Waals surface area contributed by atoms with Crippen molar-refractivity contribution in [1.82, 2.24) is 9.97 Å². The number of hydrogen-bond donors (Lipinski definition) is 3. The van der Waals surface area contributed by atoms with Crippen molar-refractivity contribution in [3.63, 3.8) is 0 Å². The maximum atomic E-state index is 13.4. The van der Waals surface area contributed by atoms with Gasteiger partial charge in [0.1, 0.15) is 17.2 Å². The molecule has 4 aromatic carbocycles. The van der Waals surface area contributed by atoms with Crippen LogP contribution in [-0.2, 0) is 25.2 Å². The molecule has 18 heteroatoms. The first-order valence-electron chi connectivity index (χ1n) is 22.1. The van der Waals surface area contributed by atoms with E-state index in [0.29, 0.717) is 76.5 Å². The number of amides is 2. The molecule has 0 saturated heterocycles. The number of aromatic carboxylic acids is 1. The lowest BCUT2D eigenvalue weighted by molar-refractivity contribution is -0.287. The molecule has 0 radical (unpaired) electrons. The van der Waals surface area contributed by atoms with Crippen molar-refractivity contribution in [2.45, 2.75) is 96.7 Å². The number of carboxylic acid groups (broad SMARTS) is 1. The zero-order valence-corrected chi connectivity index (χ0v) is 38.2. The molecule has 2 saturated carbocycles. The number of halogens is 4. The molecule has 0 spiro atoms. The third-order valence-electron chi connectivity index (χ3n) is 12.1. The van der Waals surface area contributed by atoms with E-state index >= 15 is 0 Å². The van der Waals surface area contributed by atoms with Crippen molar-refractivity contribution in [2.24, 2.45) is 0 Å². The summed E-state index contributed by atoms with van der Waals surface area (Å²) in [5.74, 6) is -1.78. The number of aryl methyl sites for hydroxylation is 2. The summed E-state index contributed by atoms with van der Waals surface area (Å²) in [6.45, 7) is 9.14. The van der Waals surface area contributed by atoms with Crippen molar-refractivity contribution in [1.29, 1.82) is 0 Å². The number of carbonyl (C=O) groups is 4. The van der Waals surface area contributed by atoms with Gasteiger partial charge in [0.05, 0.1) is 33.3 Å². The number of carboxylic acids is 1. The van der Waals surface area contributed by atoms with Gasteiger partial charge in [0, 0.05) is 11.1 Å². The average molecular weight is 977 g/mol. The highest BCUT2D eigenvalue weighted by molar-refractivity contribution is 6.02. The van der Waals surface area contributed by atoms with Crippen molar-refractivity contribution in [3.8, 4) is 45.5 Å². The number of rotatable bonds is 10. The van der Waals surface area contributed by atoms with Gasteiger partial charge < -0.3 is 39.4 Å². The number of carbonyl (C=O) groups excluding carboxylic acids is 3. The Kier molecular flexibility index (Phi) is 12.6. The summed E-state index contributed by atoms with van der Waals surface area (Å²) in [5, 5.41) is 14.9. The molecule has 2 amide bonds. The summed E-state index contributed by atoms with van der Waals surface area (Å²) >= 11 is 0. The van der Waals surface area contributed by atoms with Crippen molar-refractivity contribution in [3.05, 3.63) is 143 Å². The second-order valence-corrected chi connectivity index (χ2v) is 18.4. The molecule has 71 heavy (non-hydrogen) atoms. The summed E-state index contributed by atoms with van der Waals surface area (Å²) in [6.07, 6.45) is -5.22. The zero-order valence-electron chi connectivity index (χ0n) is 38.2. The Morgan fingerprint density at radius 3 is 1.39 bits per heavy atom. The quantitative estimate of drug-likeness (QED) is 0.0873. The van der Waals surface area contributed by atoms with E-state index in [-0.39, 0.29) is 47.8 Å². The van der Waals surface area contributed by atoms with Crippen LogP contribution in [0.1, 0.15) is 96.9 Å². The topological polar surface area (TPSA) is 184 Å². The normalized spacial score (nSPS) is 16.5. The van der Waals surface area contributed by atoms with Gasteiger partial charge in [-0.25, -0.2) is 19.6 Å². The number of ether oxygens (including phenoxy) is 5. The predicted molar refractivity (Wildman–Crippen MR) is 252 cm³/mol. The largest absolute Gasteiger partial charge is 0.586 e. The second-order valence-electron chi connectivity index (χ2n) is 18.4. The van der Waals surface area contributed by atoms with Crippen LogP contribution in [0.2, 0.25) is 0 Å². The van der Waals surface area contributed by atoms with E-state index in [1.165, 1.54) is 36.4 Å². The highest BCUT2D eigenvalue weighted by atomic mass is 19.3. The Bertz CT molecular complexity index is 3130. The van der Waals surface area contributed by atoms with E-state index in [0.717, 1.165) is 11.1 Å². The maximum absolute atomic E-state index is 13.4. The Balaban J connectivity index is 0.000000189. The second kappa shape index (κ2) is 18.1. The number of fused-ring (bicyclic) bond motifs is 2. The lowest BCUT2D eigenvalue weighted by atomic mass is 9.94. The standard InChI is InChI=1S/C28H26F2N2O5.C24H18F2N2O5.CH4/c1-16-8-11-22(31-23(16)17-6-5-7-18(14-17)24(33)37-26(2,3)4)32-25(34)27(12-13-27)19-9-10-20-21(15-19)36-28(29,30)35-20;1-13-5-8-19(27-20(13)14-3-2-4-15(11-14)21(29)30)28-22(31)23(9-10-23)16-6-7-17-18(12-16)33-24(25,26)32-17;/h5-11,14-15H,12-13H2,1-4H3,(H,31,32,34);2-8,11-12H,9-10H2,1H3,(H,29,30)(H,27,28,31);1H4. The minimum absolute atomic E-state index is 0. The van der Waals surface area contributed by atoms with Gasteiger partial charge in [0.25, 0.3) is 0 Å². The van der Waals surface area contributed by atoms with Gasteiger partial charge in [-0.15, -0.1) is 17.6 Å². The molecule has 0 atom stereocenters. The molecule has 2 aliphatic carbocycles. The van der Waals surface area contributed by atoms with Crippen molar-refractivity contribution in [2.75, 3.05) is 10.6 Å². The molecule has 2 fully saturated rings. The average Bonchev–Trinajstić information content (AvgIpc) is 4.23. The first kappa shape index (κ1) is 49.4. The van der Waals surface area contributed by atoms with Crippen LogP contribution in [0.5, 0.6) is 23.0 Å². The maximum Gasteiger partial charge on any atom is 0.586 e. The summed E-state index contributed by atoms with van der Waals surface area (Å²) in [4.78, 5) is 59.5. The molecule has 2 aromatic heterocycles. The van der Waals surface area contributed by atoms with Gasteiger partial charge in [-0.05, 0) is 143 Å². The lowest BCUT2D eigenvalue weighted by Crippen LogP contribution is -2.28. The van der Waals surface area contributed by atoms with Crippen LogP contribution in [0.3, 0.4) is 0 Å². The summed E-state index contributed by atoms with van der Waals surface area (Å²) in [6, 6.07) is 29.1. The SMILES string of the molecule is C.Cc1ccc(NC(=O)C2(c3ccc4c(c3)OC(F)(F)O4)CC2)nc1-c1cccc(C(=O)O)c1.Cc1ccc(NC(=O)C2(c3ccc4c(c3)OC(F)(F)O4)CC2)nc1-c1cccc(C(=O)OC(C)(C)C)c1. The van der Waals surface area contributed by atoms with Crippen LogP contribution in [0.4, 0.5) is 29.2 Å². The Hall–Kier alpha value is -8.02. The Morgan fingerprint density at radius 1 is 0.577 bits per heavy atom. The number of esters is 1. The summed E-state index contributed by atoms with van der Waals surface area (Å²) in [5.41, 5.74) is 3.45. The van der Waals surface area contributed by atoms with Crippen LogP contribution in [0.15, 0.2) is 109 Å². The van der Waals surface area contributed by atoms with Crippen molar-refractivity contribution >= 4 is 35.4 Å². The molecule has 0 unspecified atom stereocenters. The molecule has 2 aliphatic heterocycles. The Labute approximate surface area is 405 Å². The van der Waals surface area contributed by atoms with Gasteiger partial charge >= 0.3 is 24.5 Å². The third kappa shape index (κ3) is 10.3. The van der Waals surface area contributed by atoms with E-state index in [1.54, 1.807) is 81.4 Å². The molecule has 4 aliphatic rings. The fourth-order valence-electron chi connectivity index (χ4n) is 8.22. The number of nitrogens with one attached hydrogen (secondary N) is 2. The summed E-state index contributed by atoms with van der Waals surface area (Å²) < 4.78 is 77.0. The third-order valence-corrected chi connectivity index (χ3v) is 12.1. The van der Waals surface area contributed by atoms with Gasteiger partial charge in [-0.1, -0.05) is 56.0 Å². The molecule has 4 heterocycles. The molecule has 14 nitrogen and oxygen atoms in total. The van der Waals surface area contributed by atoms with Crippen LogP contribution < -0.4 is 29.6 Å². The van der Waals surface area contributed by atoms with Crippen LogP contribution in [0, 0.1) is 13.8 Å². The monoisotopic (exact) mass is 976 g/mol. The van der Waals surface area contributed by atoms with E-state index in [1.807, 2.05) is 26.0 Å². The molecule has 368 valence electrons. The number of anilines is 2. The number of alkyl halides is 4. The first-order valence-corrected chi connectivity index (χ1v) is 22.1. The number of pyridine rings is 2. The molecular formula is C53H48F4N4O10. The highest BCUT2D eigenvalue weighted by Crippen LogP contribution is 2.54. The Morgan fingerprint density at radius 2 is 0.986 bits per heavy atom. The number of nitrogens with zero attached hydrogens (tertiary/aromatic N) is 2. The van der Waals surface area contributed by atoms with Gasteiger partial charge in [0.2, 0.25) is 11.8 Å². The molecule has 10 rings (SSSR count). The first-order chi connectivity index (χ1) is 33.0. The van der Waals surface area contributed by atoms with Gasteiger partial charge in [-0.3, -0.25) is 9.59 Å². The molecule has 6 aromatic rings. The van der Waals surface area contributed by atoms with E-state index in [4.69, 9.17) is 4.74 Å². The van der Waals surface area contributed by atoms with E-state index < -0.39 is 41.0 Å². The number of aromatic nitrogens is 2. The smallest absolute Gasteiger partial charge is 0.478 e. The number of hydrogen-bond acceptors (Lipinski definition) is 11. The fraction of sp³-hybridized carbons (Fsp3) is 0.283. The predicted octanol–water partition coefficient (Wildman–Crippen LogP) is 11.4. The fourth-order valence-corrected chi connectivity index (χ4v) is 8.22.